The summed E-state index contributed by atoms with van der Waals surface area (Å²) in [5.41, 5.74) is 0.217. The zero-order chi connectivity index (χ0) is 15.3. The van der Waals surface area contributed by atoms with E-state index in [4.69, 9.17) is 0 Å². The van der Waals surface area contributed by atoms with Gasteiger partial charge in [-0.05, 0) is 49.7 Å². The number of rotatable bonds is 9. The minimum Gasteiger partial charge on any atom is -0.313 e. The number of nitrogens with one attached hydrogen (secondary N) is 1. The molecule has 0 aliphatic heterocycles. The Morgan fingerprint density at radius 3 is 2.38 bits per heavy atom. The molecule has 1 aromatic rings. The highest BCUT2D eigenvalue weighted by Crippen LogP contribution is 2.35. The van der Waals surface area contributed by atoms with Gasteiger partial charge in [-0.25, -0.2) is 8.78 Å². The molecule has 3 heteroatoms. The van der Waals surface area contributed by atoms with E-state index >= 15 is 0 Å². The van der Waals surface area contributed by atoms with Gasteiger partial charge in [0, 0.05) is 18.2 Å². The van der Waals surface area contributed by atoms with Gasteiger partial charge in [0.25, 0.3) is 0 Å². The lowest BCUT2D eigenvalue weighted by Crippen LogP contribution is -2.37. The van der Waals surface area contributed by atoms with E-state index in [9.17, 15) is 8.78 Å². The standard InChI is InChI=1S/C18H27F2N/c1-3-5-11-18(4-2,13-21-14-9-10-14)12-15-16(19)7-6-8-17(15)20/h6-8,14,21H,3-5,9-13H2,1-2H3. The lowest BCUT2D eigenvalue weighted by Gasteiger charge is -2.34. The van der Waals surface area contributed by atoms with E-state index in [1.165, 1.54) is 31.0 Å². The van der Waals surface area contributed by atoms with Crippen LogP contribution < -0.4 is 5.32 Å². The molecular weight excluding hydrogens is 268 g/mol. The number of unbranched alkanes of at least 4 members (excludes halogenated alkanes) is 1. The average molecular weight is 295 g/mol. The molecule has 2 rings (SSSR count). The van der Waals surface area contributed by atoms with Crippen molar-refractivity contribution in [3.63, 3.8) is 0 Å². The van der Waals surface area contributed by atoms with Crippen molar-refractivity contribution in [2.75, 3.05) is 6.54 Å². The van der Waals surface area contributed by atoms with Crippen LogP contribution in [-0.2, 0) is 6.42 Å². The summed E-state index contributed by atoms with van der Waals surface area (Å²) >= 11 is 0. The number of benzene rings is 1. The molecule has 0 spiro atoms. The molecule has 118 valence electrons. The molecule has 0 radical (unpaired) electrons. The molecule has 0 amide bonds. The maximum Gasteiger partial charge on any atom is 0.129 e. The summed E-state index contributed by atoms with van der Waals surface area (Å²) in [6.45, 7) is 5.17. The van der Waals surface area contributed by atoms with Crippen LogP contribution in [-0.4, -0.2) is 12.6 Å². The second-order valence-corrected chi connectivity index (χ2v) is 6.49. The van der Waals surface area contributed by atoms with Crippen molar-refractivity contribution in [3.05, 3.63) is 35.4 Å². The Bertz CT molecular complexity index is 436. The van der Waals surface area contributed by atoms with Crippen LogP contribution in [0.15, 0.2) is 18.2 Å². The third-order valence-corrected chi connectivity index (χ3v) is 4.77. The summed E-state index contributed by atoms with van der Waals surface area (Å²) in [5.74, 6) is -0.813. The first-order chi connectivity index (χ1) is 10.1. The van der Waals surface area contributed by atoms with Crippen molar-refractivity contribution >= 4 is 0 Å². The second kappa shape index (κ2) is 7.35. The van der Waals surface area contributed by atoms with Crippen molar-refractivity contribution in [3.8, 4) is 0 Å². The molecule has 1 fully saturated rings. The highest BCUT2D eigenvalue weighted by Gasteiger charge is 2.32. The minimum absolute atomic E-state index is 0.0400. The summed E-state index contributed by atoms with van der Waals surface area (Å²) in [4.78, 5) is 0. The fourth-order valence-electron chi connectivity index (χ4n) is 2.94. The zero-order valence-corrected chi connectivity index (χ0v) is 13.2. The predicted molar refractivity (Wildman–Crippen MR) is 83.3 cm³/mol. The molecule has 1 unspecified atom stereocenters. The van der Waals surface area contributed by atoms with Crippen molar-refractivity contribution in [1.29, 1.82) is 0 Å². The van der Waals surface area contributed by atoms with Crippen molar-refractivity contribution in [2.45, 2.75) is 64.8 Å². The lowest BCUT2D eigenvalue weighted by atomic mass is 9.75. The Kier molecular flexibility index (Phi) is 5.74. The van der Waals surface area contributed by atoms with Crippen LogP contribution in [0.25, 0.3) is 0 Å². The Hall–Kier alpha value is -0.960. The third-order valence-electron chi connectivity index (χ3n) is 4.77. The van der Waals surface area contributed by atoms with Crippen LogP contribution in [0.2, 0.25) is 0 Å². The predicted octanol–water partition coefficient (Wildman–Crippen LogP) is 4.85. The van der Waals surface area contributed by atoms with Crippen LogP contribution in [0.1, 0.15) is 57.9 Å². The largest absolute Gasteiger partial charge is 0.313 e. The molecule has 1 saturated carbocycles. The molecule has 21 heavy (non-hydrogen) atoms. The highest BCUT2D eigenvalue weighted by atomic mass is 19.1. The number of halogens is 2. The van der Waals surface area contributed by atoms with Gasteiger partial charge >= 0.3 is 0 Å². The van der Waals surface area contributed by atoms with E-state index in [-0.39, 0.29) is 11.0 Å². The van der Waals surface area contributed by atoms with Gasteiger partial charge < -0.3 is 5.32 Å². The van der Waals surface area contributed by atoms with E-state index < -0.39 is 11.6 Å². The van der Waals surface area contributed by atoms with E-state index in [0.717, 1.165) is 32.2 Å². The summed E-state index contributed by atoms with van der Waals surface area (Å²) in [6, 6.07) is 4.80. The molecule has 0 aromatic heterocycles. The Labute approximate surface area is 127 Å². The molecule has 1 aliphatic rings. The molecule has 1 aliphatic carbocycles. The van der Waals surface area contributed by atoms with Crippen molar-refractivity contribution < 1.29 is 8.78 Å². The van der Waals surface area contributed by atoms with Gasteiger partial charge in [0.1, 0.15) is 11.6 Å². The molecule has 0 saturated heterocycles. The Morgan fingerprint density at radius 2 is 1.86 bits per heavy atom. The minimum atomic E-state index is -0.407. The second-order valence-electron chi connectivity index (χ2n) is 6.49. The number of hydrogen-bond acceptors (Lipinski definition) is 1. The molecule has 1 atom stereocenters. The van der Waals surface area contributed by atoms with Gasteiger partial charge in [-0.1, -0.05) is 32.8 Å². The van der Waals surface area contributed by atoms with E-state index in [2.05, 4.69) is 19.2 Å². The van der Waals surface area contributed by atoms with Gasteiger partial charge in [-0.2, -0.15) is 0 Å². The Balaban J connectivity index is 2.15. The maximum atomic E-state index is 14.0. The summed E-state index contributed by atoms with van der Waals surface area (Å²) in [6.07, 6.45) is 7.15. The SMILES string of the molecule is CCCCC(CC)(CNC1CC1)Cc1c(F)cccc1F. The van der Waals surface area contributed by atoms with E-state index in [1.807, 2.05) is 0 Å². The third kappa shape index (κ3) is 4.50. The van der Waals surface area contributed by atoms with Gasteiger partial charge in [0.05, 0.1) is 0 Å². The molecule has 0 heterocycles. The Morgan fingerprint density at radius 1 is 1.19 bits per heavy atom. The molecule has 0 bridgehead atoms. The van der Waals surface area contributed by atoms with Crippen molar-refractivity contribution in [2.24, 2.45) is 5.41 Å². The van der Waals surface area contributed by atoms with Crippen LogP contribution in [0.5, 0.6) is 0 Å². The first-order valence-electron chi connectivity index (χ1n) is 8.26. The normalized spacial score (nSPS) is 17.7. The molecule has 1 aromatic carbocycles. The summed E-state index contributed by atoms with van der Waals surface area (Å²) in [5, 5.41) is 3.57. The summed E-state index contributed by atoms with van der Waals surface area (Å²) in [7, 11) is 0. The topological polar surface area (TPSA) is 12.0 Å². The zero-order valence-electron chi connectivity index (χ0n) is 13.2. The number of hydrogen-bond donors (Lipinski definition) is 1. The van der Waals surface area contributed by atoms with E-state index in [1.54, 1.807) is 0 Å². The average Bonchev–Trinajstić information content (AvgIpc) is 3.30. The van der Waals surface area contributed by atoms with Gasteiger partial charge in [0.15, 0.2) is 0 Å². The van der Waals surface area contributed by atoms with Crippen molar-refractivity contribution in [1.82, 2.24) is 5.32 Å². The van der Waals surface area contributed by atoms with Gasteiger partial charge in [-0.3, -0.25) is 0 Å². The molecular formula is C18H27F2N. The quantitative estimate of drug-likeness (QED) is 0.687. The van der Waals surface area contributed by atoms with Crippen LogP contribution in [0.3, 0.4) is 0 Å². The van der Waals surface area contributed by atoms with Gasteiger partial charge in [-0.15, -0.1) is 0 Å². The maximum absolute atomic E-state index is 14.0. The fraction of sp³-hybridized carbons (Fsp3) is 0.667. The van der Waals surface area contributed by atoms with Crippen LogP contribution >= 0.6 is 0 Å². The van der Waals surface area contributed by atoms with Crippen LogP contribution in [0, 0.1) is 17.0 Å². The summed E-state index contributed by atoms with van der Waals surface area (Å²) < 4.78 is 28.0. The lowest BCUT2D eigenvalue weighted by molar-refractivity contribution is 0.223. The monoisotopic (exact) mass is 295 g/mol. The van der Waals surface area contributed by atoms with Crippen LogP contribution in [0.4, 0.5) is 8.78 Å². The van der Waals surface area contributed by atoms with E-state index in [0.29, 0.717) is 12.5 Å². The molecule has 1 N–H and O–H groups in total. The fourth-order valence-corrected chi connectivity index (χ4v) is 2.94. The highest BCUT2D eigenvalue weighted by molar-refractivity contribution is 5.21. The first kappa shape index (κ1) is 16.4. The first-order valence-corrected chi connectivity index (χ1v) is 8.26. The molecule has 1 nitrogen and oxygen atoms in total. The smallest absolute Gasteiger partial charge is 0.129 e. The van der Waals surface area contributed by atoms with Gasteiger partial charge in [0.2, 0.25) is 0 Å².